The summed E-state index contributed by atoms with van der Waals surface area (Å²) in [5.74, 6) is 0.0201. The molecule has 9 nitrogen and oxygen atoms in total. The Labute approximate surface area is 201 Å². The normalized spacial score (nSPS) is 16.5. The second-order valence-corrected chi connectivity index (χ2v) is 8.50. The van der Waals surface area contributed by atoms with Crippen molar-refractivity contribution in [1.82, 2.24) is 9.97 Å². The fraction of sp³-hybridized carbons (Fsp3) is 0.333. The summed E-state index contributed by atoms with van der Waals surface area (Å²) in [7, 11) is 0. The smallest absolute Gasteiger partial charge is 0.353 e. The van der Waals surface area contributed by atoms with E-state index in [0.717, 1.165) is 5.69 Å². The number of aromatic nitrogens is 2. The van der Waals surface area contributed by atoms with Crippen LogP contribution in [0.15, 0.2) is 54.9 Å². The van der Waals surface area contributed by atoms with E-state index in [9.17, 15) is 18.9 Å². The number of halogens is 2. The van der Waals surface area contributed by atoms with Crippen LogP contribution in [-0.4, -0.2) is 67.2 Å². The monoisotopic (exact) mass is 481 g/mol. The van der Waals surface area contributed by atoms with E-state index in [-0.39, 0.29) is 23.1 Å². The highest BCUT2D eigenvalue weighted by Gasteiger charge is 2.33. The highest BCUT2D eigenvalue weighted by atomic mass is 19.1. The molecule has 0 atom stereocenters. The van der Waals surface area contributed by atoms with Crippen molar-refractivity contribution in [3.8, 4) is 0 Å². The SMILES string of the molecule is O=[N+]([O-])c1c(N2CCN(c3ccc(F)cc3)CC2)ncnc1N1CCN(c2ccccc2F)CC1. The van der Waals surface area contributed by atoms with Crippen LogP contribution in [0, 0.1) is 21.7 Å². The van der Waals surface area contributed by atoms with Crippen molar-refractivity contribution in [2.24, 2.45) is 0 Å². The van der Waals surface area contributed by atoms with E-state index in [1.807, 2.05) is 14.7 Å². The van der Waals surface area contributed by atoms with Gasteiger partial charge in [-0.2, -0.15) is 0 Å². The summed E-state index contributed by atoms with van der Waals surface area (Å²) in [6.07, 6.45) is 1.37. The van der Waals surface area contributed by atoms with Gasteiger partial charge in [-0.05, 0) is 36.4 Å². The molecule has 0 aliphatic carbocycles. The maximum atomic E-state index is 14.2. The van der Waals surface area contributed by atoms with Crippen LogP contribution in [0.4, 0.5) is 37.5 Å². The average Bonchev–Trinajstić information content (AvgIpc) is 2.89. The van der Waals surface area contributed by atoms with Crippen LogP contribution in [-0.2, 0) is 0 Å². The van der Waals surface area contributed by atoms with Crippen molar-refractivity contribution < 1.29 is 13.7 Å². The third-order valence-electron chi connectivity index (χ3n) is 6.51. The summed E-state index contributed by atoms with van der Waals surface area (Å²) in [6, 6.07) is 12.9. The fourth-order valence-corrected chi connectivity index (χ4v) is 4.68. The number of benzene rings is 2. The van der Waals surface area contributed by atoms with E-state index in [1.54, 1.807) is 30.3 Å². The fourth-order valence-electron chi connectivity index (χ4n) is 4.68. The minimum atomic E-state index is -0.416. The molecule has 0 unspecified atom stereocenters. The van der Waals surface area contributed by atoms with Gasteiger partial charge in [-0.25, -0.2) is 18.7 Å². The lowest BCUT2D eigenvalue weighted by molar-refractivity contribution is -0.383. The Morgan fingerprint density at radius 2 is 1.23 bits per heavy atom. The number of rotatable bonds is 5. The molecule has 0 N–H and O–H groups in total. The zero-order valence-electron chi connectivity index (χ0n) is 19.1. The van der Waals surface area contributed by atoms with Gasteiger partial charge in [0.15, 0.2) is 0 Å². The standard InChI is InChI=1S/C24H25F2N7O2/c25-18-5-7-19(8-6-18)29-9-13-31(14-10-29)23-22(33(34)35)24(28-17-27-23)32-15-11-30(12-16-32)21-4-2-1-3-20(21)26/h1-8,17H,9-16H2. The van der Waals surface area contributed by atoms with Gasteiger partial charge in [-0.3, -0.25) is 10.1 Å². The highest BCUT2D eigenvalue weighted by Crippen LogP contribution is 2.35. The molecule has 3 heterocycles. The average molecular weight is 482 g/mol. The predicted octanol–water partition coefficient (Wildman–Crippen LogP) is 3.32. The van der Waals surface area contributed by atoms with Crippen LogP contribution >= 0.6 is 0 Å². The Balaban J connectivity index is 1.31. The van der Waals surface area contributed by atoms with E-state index in [2.05, 4.69) is 14.9 Å². The van der Waals surface area contributed by atoms with Crippen molar-refractivity contribution in [1.29, 1.82) is 0 Å². The summed E-state index contributed by atoms with van der Waals surface area (Å²) >= 11 is 0. The molecule has 0 saturated carbocycles. The summed E-state index contributed by atoms with van der Waals surface area (Å²) in [6.45, 7) is 4.33. The number of hydrogen-bond acceptors (Lipinski definition) is 8. The number of piperazine rings is 2. The molecule has 2 fully saturated rings. The van der Waals surface area contributed by atoms with E-state index in [4.69, 9.17) is 0 Å². The van der Waals surface area contributed by atoms with Gasteiger partial charge in [-0.1, -0.05) is 12.1 Å². The molecular formula is C24H25F2N7O2. The topological polar surface area (TPSA) is 81.9 Å². The zero-order chi connectivity index (χ0) is 24.4. The number of nitro groups is 1. The van der Waals surface area contributed by atoms with E-state index >= 15 is 0 Å². The van der Waals surface area contributed by atoms with E-state index in [0.29, 0.717) is 63.9 Å². The molecule has 2 aromatic carbocycles. The van der Waals surface area contributed by atoms with Crippen molar-refractivity contribution in [3.63, 3.8) is 0 Å². The largest absolute Gasteiger partial charge is 0.368 e. The van der Waals surface area contributed by atoms with E-state index in [1.165, 1.54) is 24.5 Å². The van der Waals surface area contributed by atoms with Crippen molar-refractivity contribution in [2.75, 3.05) is 72.0 Å². The first-order valence-electron chi connectivity index (χ1n) is 11.5. The third-order valence-corrected chi connectivity index (χ3v) is 6.51. The molecule has 0 spiro atoms. The maximum absolute atomic E-state index is 14.2. The van der Waals surface area contributed by atoms with Gasteiger partial charge in [-0.15, -0.1) is 0 Å². The van der Waals surface area contributed by atoms with Gasteiger partial charge in [0.25, 0.3) is 0 Å². The molecule has 0 radical (unpaired) electrons. The molecule has 11 heteroatoms. The van der Waals surface area contributed by atoms with Crippen molar-refractivity contribution in [3.05, 3.63) is 76.6 Å². The first-order chi connectivity index (χ1) is 17.0. The Hall–Kier alpha value is -4.02. The van der Waals surface area contributed by atoms with Crippen LogP contribution in [0.5, 0.6) is 0 Å². The first-order valence-corrected chi connectivity index (χ1v) is 11.5. The van der Waals surface area contributed by atoms with Gasteiger partial charge in [0.1, 0.15) is 18.0 Å². The first kappa shape index (κ1) is 22.8. The molecule has 2 aliphatic heterocycles. The number of hydrogen-bond donors (Lipinski definition) is 0. The molecule has 5 rings (SSSR count). The minimum Gasteiger partial charge on any atom is -0.368 e. The molecule has 35 heavy (non-hydrogen) atoms. The summed E-state index contributed by atoms with van der Waals surface area (Å²) in [4.78, 5) is 28.1. The Morgan fingerprint density at radius 1 is 0.714 bits per heavy atom. The number of nitrogens with zero attached hydrogens (tertiary/aromatic N) is 7. The zero-order valence-corrected chi connectivity index (χ0v) is 19.1. The summed E-state index contributed by atoms with van der Waals surface area (Å²) < 4.78 is 27.4. The van der Waals surface area contributed by atoms with Crippen LogP contribution < -0.4 is 19.6 Å². The highest BCUT2D eigenvalue weighted by molar-refractivity contribution is 5.72. The molecule has 2 aliphatic rings. The van der Waals surface area contributed by atoms with Crippen LogP contribution in [0.3, 0.4) is 0 Å². The third kappa shape index (κ3) is 4.66. The summed E-state index contributed by atoms with van der Waals surface area (Å²) in [5.41, 5.74) is 1.34. The van der Waals surface area contributed by atoms with Gasteiger partial charge in [0.05, 0.1) is 10.6 Å². The maximum Gasteiger partial charge on any atom is 0.353 e. The lowest BCUT2D eigenvalue weighted by Gasteiger charge is -2.38. The lowest BCUT2D eigenvalue weighted by Crippen LogP contribution is -2.48. The Kier molecular flexibility index (Phi) is 6.30. The molecule has 0 bridgehead atoms. The van der Waals surface area contributed by atoms with Crippen molar-refractivity contribution >= 4 is 28.7 Å². The molecule has 0 amide bonds. The van der Waals surface area contributed by atoms with Gasteiger partial charge in [0.2, 0.25) is 11.6 Å². The lowest BCUT2D eigenvalue weighted by atomic mass is 10.2. The van der Waals surface area contributed by atoms with Gasteiger partial charge in [0, 0.05) is 58.0 Å². The molecule has 182 valence electrons. The van der Waals surface area contributed by atoms with Gasteiger partial charge >= 0.3 is 5.69 Å². The molecule has 1 aromatic heterocycles. The second kappa shape index (κ2) is 9.69. The van der Waals surface area contributed by atoms with Gasteiger partial charge < -0.3 is 19.6 Å². The second-order valence-electron chi connectivity index (χ2n) is 8.50. The predicted molar refractivity (Wildman–Crippen MR) is 130 cm³/mol. The van der Waals surface area contributed by atoms with Crippen LogP contribution in [0.1, 0.15) is 0 Å². The summed E-state index contributed by atoms with van der Waals surface area (Å²) in [5, 5.41) is 12.1. The minimum absolute atomic E-state index is 0.109. The number of anilines is 4. The van der Waals surface area contributed by atoms with Crippen LogP contribution in [0.2, 0.25) is 0 Å². The Bertz CT molecular complexity index is 1190. The van der Waals surface area contributed by atoms with Crippen LogP contribution in [0.25, 0.3) is 0 Å². The molecule has 3 aromatic rings. The Morgan fingerprint density at radius 3 is 1.77 bits per heavy atom. The molecular weight excluding hydrogens is 456 g/mol. The molecule has 2 saturated heterocycles. The van der Waals surface area contributed by atoms with E-state index < -0.39 is 4.92 Å². The van der Waals surface area contributed by atoms with Crippen molar-refractivity contribution in [2.45, 2.75) is 0 Å². The number of para-hydroxylation sites is 1. The quantitative estimate of drug-likeness (QED) is 0.406.